The van der Waals surface area contributed by atoms with E-state index in [0.29, 0.717) is 30.8 Å². The van der Waals surface area contributed by atoms with E-state index in [2.05, 4.69) is 6.07 Å². The van der Waals surface area contributed by atoms with Crippen molar-refractivity contribution in [3.63, 3.8) is 0 Å². The summed E-state index contributed by atoms with van der Waals surface area (Å²) >= 11 is 0. The smallest absolute Gasteiger partial charge is 0.278 e. The zero-order chi connectivity index (χ0) is 24.2. The maximum Gasteiger partial charge on any atom is 0.278 e. The summed E-state index contributed by atoms with van der Waals surface area (Å²) in [5.41, 5.74) is 5.75. The van der Waals surface area contributed by atoms with Crippen LogP contribution in [0.4, 0.5) is 5.69 Å². The molecule has 3 aromatic rings. The number of imide groups is 1. The average Bonchev–Trinajstić information content (AvgIpc) is 3.09. The molecule has 5 heteroatoms. The molecule has 1 aliphatic rings. The predicted octanol–water partition coefficient (Wildman–Crippen LogP) is 5.16. The number of anilines is 1. The van der Waals surface area contributed by atoms with Gasteiger partial charge in [0.1, 0.15) is 11.4 Å². The molecule has 1 heterocycles. The second-order valence-electron chi connectivity index (χ2n) is 8.48. The molecule has 0 unspecified atom stereocenters. The largest absolute Gasteiger partial charge is 0.497 e. The van der Waals surface area contributed by atoms with E-state index in [4.69, 9.17) is 4.74 Å². The van der Waals surface area contributed by atoms with Crippen molar-refractivity contribution in [2.75, 3.05) is 25.1 Å². The minimum atomic E-state index is -0.251. The zero-order valence-corrected chi connectivity index (χ0v) is 20.2. The summed E-state index contributed by atoms with van der Waals surface area (Å²) in [6.07, 6.45) is 0.576. The van der Waals surface area contributed by atoms with Crippen LogP contribution in [0.1, 0.15) is 29.2 Å². The van der Waals surface area contributed by atoms with Crippen LogP contribution in [0.5, 0.6) is 5.75 Å². The molecule has 2 amide bonds. The number of amides is 2. The fourth-order valence-electron chi connectivity index (χ4n) is 4.46. The van der Waals surface area contributed by atoms with E-state index in [0.717, 1.165) is 33.7 Å². The molecule has 0 aromatic heterocycles. The molecule has 4 rings (SSSR count). The van der Waals surface area contributed by atoms with Crippen molar-refractivity contribution in [2.45, 2.75) is 27.2 Å². The summed E-state index contributed by atoms with van der Waals surface area (Å²) < 4.78 is 5.23. The van der Waals surface area contributed by atoms with Crippen molar-refractivity contribution in [2.24, 2.45) is 0 Å². The number of carbonyl (C=O) groups excluding carboxylic acids is 2. The van der Waals surface area contributed by atoms with Gasteiger partial charge in [-0.3, -0.25) is 14.5 Å². The summed E-state index contributed by atoms with van der Waals surface area (Å²) in [7, 11) is 1.63. The molecule has 0 radical (unpaired) electrons. The van der Waals surface area contributed by atoms with Gasteiger partial charge in [0, 0.05) is 18.8 Å². The van der Waals surface area contributed by atoms with E-state index in [1.165, 1.54) is 4.90 Å². The Morgan fingerprint density at radius 2 is 1.59 bits per heavy atom. The molecule has 0 spiro atoms. The molecule has 0 bridgehead atoms. The fraction of sp³-hybridized carbons (Fsp3) is 0.241. The fourth-order valence-corrected chi connectivity index (χ4v) is 4.46. The molecule has 5 nitrogen and oxygen atoms in total. The van der Waals surface area contributed by atoms with Crippen LogP contribution in [0.2, 0.25) is 0 Å². The maximum absolute atomic E-state index is 13.8. The van der Waals surface area contributed by atoms with Crippen molar-refractivity contribution in [3.8, 4) is 5.75 Å². The number of hydrogen-bond donors (Lipinski definition) is 0. The standard InChI is InChI=1S/C29H30N2O3/c1-5-30(23-9-7-6-8-10-23)27-26(25-16-11-20(2)19-21(25)3)28(32)31(29(27)33)18-17-22-12-14-24(34-4)15-13-22/h6-16,19H,5,17-18H2,1-4H3. The van der Waals surface area contributed by atoms with E-state index >= 15 is 0 Å². The monoisotopic (exact) mass is 454 g/mol. The first-order valence-electron chi connectivity index (χ1n) is 11.6. The van der Waals surface area contributed by atoms with Crippen LogP contribution in [-0.4, -0.2) is 36.9 Å². The second-order valence-corrected chi connectivity index (χ2v) is 8.48. The summed E-state index contributed by atoms with van der Waals surface area (Å²) in [5.74, 6) is 0.286. The van der Waals surface area contributed by atoms with Gasteiger partial charge in [-0.2, -0.15) is 0 Å². The van der Waals surface area contributed by atoms with Gasteiger partial charge in [-0.05, 0) is 68.1 Å². The van der Waals surface area contributed by atoms with E-state index < -0.39 is 0 Å². The SMILES string of the molecule is CCN(C1=C(c2ccc(C)cc2C)C(=O)N(CCc2ccc(OC)cc2)C1=O)c1ccccc1. The van der Waals surface area contributed by atoms with Crippen molar-refractivity contribution in [3.05, 3.63) is 101 Å². The molecule has 3 aromatic carbocycles. The Bertz CT molecular complexity index is 1230. The van der Waals surface area contributed by atoms with Crippen molar-refractivity contribution in [1.82, 2.24) is 4.90 Å². The lowest BCUT2D eigenvalue weighted by Gasteiger charge is -2.25. The van der Waals surface area contributed by atoms with Crippen molar-refractivity contribution in [1.29, 1.82) is 0 Å². The molecule has 0 N–H and O–H groups in total. The molecule has 34 heavy (non-hydrogen) atoms. The van der Waals surface area contributed by atoms with Crippen LogP contribution < -0.4 is 9.64 Å². The Morgan fingerprint density at radius 3 is 2.21 bits per heavy atom. The number of para-hydroxylation sites is 1. The van der Waals surface area contributed by atoms with Gasteiger partial charge in [-0.25, -0.2) is 0 Å². The van der Waals surface area contributed by atoms with Gasteiger partial charge in [0.05, 0.1) is 12.7 Å². The third-order valence-electron chi connectivity index (χ3n) is 6.23. The highest BCUT2D eigenvalue weighted by molar-refractivity contribution is 6.37. The van der Waals surface area contributed by atoms with Crippen LogP contribution in [0, 0.1) is 13.8 Å². The highest BCUT2D eigenvalue weighted by Gasteiger charge is 2.41. The minimum absolute atomic E-state index is 0.241. The molecule has 0 aliphatic carbocycles. The average molecular weight is 455 g/mol. The molecule has 1 aliphatic heterocycles. The molecular formula is C29H30N2O3. The zero-order valence-electron chi connectivity index (χ0n) is 20.2. The van der Waals surface area contributed by atoms with Gasteiger partial charge in [0.2, 0.25) is 0 Å². The van der Waals surface area contributed by atoms with Crippen molar-refractivity contribution >= 4 is 23.1 Å². The third-order valence-corrected chi connectivity index (χ3v) is 6.23. The quantitative estimate of drug-likeness (QED) is 0.441. The van der Waals surface area contributed by atoms with E-state index in [1.54, 1.807) is 7.11 Å². The third kappa shape index (κ3) is 4.46. The summed E-state index contributed by atoms with van der Waals surface area (Å²) in [6, 6.07) is 23.5. The van der Waals surface area contributed by atoms with E-state index in [-0.39, 0.29) is 11.8 Å². The summed E-state index contributed by atoms with van der Waals surface area (Å²) in [6.45, 7) is 6.89. The lowest BCUT2D eigenvalue weighted by atomic mass is 9.97. The maximum atomic E-state index is 13.8. The Labute approximate surface area is 201 Å². The number of likely N-dealkylation sites (N-methyl/N-ethyl adjacent to an activating group) is 1. The Hall–Kier alpha value is -3.86. The van der Waals surface area contributed by atoms with Gasteiger partial charge in [0.25, 0.3) is 11.8 Å². The molecule has 0 saturated carbocycles. The summed E-state index contributed by atoms with van der Waals surface area (Å²) in [4.78, 5) is 30.8. The van der Waals surface area contributed by atoms with Crippen molar-refractivity contribution < 1.29 is 14.3 Å². The topological polar surface area (TPSA) is 49.9 Å². The number of carbonyl (C=O) groups is 2. The number of nitrogens with zero attached hydrogens (tertiary/aromatic N) is 2. The lowest BCUT2D eigenvalue weighted by Crippen LogP contribution is -2.36. The number of ether oxygens (including phenoxy) is 1. The number of hydrogen-bond acceptors (Lipinski definition) is 4. The van der Waals surface area contributed by atoms with Gasteiger partial charge in [-0.1, -0.05) is 54.1 Å². The lowest BCUT2D eigenvalue weighted by molar-refractivity contribution is -0.136. The second kappa shape index (κ2) is 9.96. The van der Waals surface area contributed by atoms with Gasteiger partial charge >= 0.3 is 0 Å². The Balaban J connectivity index is 1.73. The van der Waals surface area contributed by atoms with E-state index in [9.17, 15) is 9.59 Å². The molecule has 0 atom stereocenters. The first kappa shape index (κ1) is 23.3. The first-order valence-corrected chi connectivity index (χ1v) is 11.6. The molecule has 174 valence electrons. The number of methoxy groups -OCH3 is 1. The van der Waals surface area contributed by atoms with Gasteiger partial charge in [0.15, 0.2) is 0 Å². The van der Waals surface area contributed by atoms with Gasteiger partial charge < -0.3 is 9.64 Å². The number of aryl methyl sites for hydroxylation is 2. The van der Waals surface area contributed by atoms with Crippen LogP contribution in [-0.2, 0) is 16.0 Å². The molecular weight excluding hydrogens is 424 g/mol. The minimum Gasteiger partial charge on any atom is -0.497 e. The highest BCUT2D eigenvalue weighted by Crippen LogP contribution is 2.35. The first-order chi connectivity index (χ1) is 16.4. The Kier molecular flexibility index (Phi) is 6.82. The van der Waals surface area contributed by atoms with Gasteiger partial charge in [-0.15, -0.1) is 0 Å². The van der Waals surface area contributed by atoms with Crippen LogP contribution >= 0.6 is 0 Å². The van der Waals surface area contributed by atoms with Crippen LogP contribution in [0.25, 0.3) is 5.57 Å². The normalized spacial score (nSPS) is 13.6. The Morgan fingerprint density at radius 1 is 0.882 bits per heavy atom. The predicted molar refractivity (Wildman–Crippen MR) is 136 cm³/mol. The molecule has 0 saturated heterocycles. The number of rotatable bonds is 8. The van der Waals surface area contributed by atoms with Crippen LogP contribution in [0.15, 0.2) is 78.5 Å². The van der Waals surface area contributed by atoms with Crippen LogP contribution in [0.3, 0.4) is 0 Å². The van der Waals surface area contributed by atoms with E-state index in [1.807, 2.05) is 92.4 Å². The molecule has 0 fully saturated rings. The number of benzene rings is 3. The highest BCUT2D eigenvalue weighted by atomic mass is 16.5. The summed E-state index contributed by atoms with van der Waals surface area (Å²) in [5, 5.41) is 0.